The number of aryl methyl sites for hydroxylation is 1. The highest BCUT2D eigenvalue weighted by molar-refractivity contribution is 7.22. The van der Waals surface area contributed by atoms with Crippen LogP contribution < -0.4 is 5.32 Å². The van der Waals surface area contributed by atoms with E-state index in [1.807, 2.05) is 0 Å². The van der Waals surface area contributed by atoms with Crippen molar-refractivity contribution < 1.29 is 0 Å². The molecule has 0 fully saturated rings. The molecule has 1 heterocycles. The predicted octanol–water partition coefficient (Wildman–Crippen LogP) is 4.06. The number of nitrogens with one attached hydrogen (secondary N) is 1. The van der Waals surface area contributed by atoms with E-state index in [1.165, 1.54) is 10.3 Å². The van der Waals surface area contributed by atoms with Gasteiger partial charge in [0.1, 0.15) is 0 Å². The van der Waals surface area contributed by atoms with E-state index in [2.05, 4.69) is 56.2 Å². The summed E-state index contributed by atoms with van der Waals surface area (Å²) in [5, 5.41) is 4.42. The van der Waals surface area contributed by atoms with Crippen LogP contribution in [0.4, 0.5) is 5.13 Å². The first-order chi connectivity index (χ1) is 7.44. The van der Waals surface area contributed by atoms with E-state index < -0.39 is 0 Å². The molecule has 3 heteroatoms. The standard InChI is InChI=1S/C13H18N2S/c1-9-5-6-10-11(7-9)16-12(15-10)14-8-13(2,3)4/h5-7H,8H2,1-4H3,(H,14,15). The quantitative estimate of drug-likeness (QED) is 0.847. The first-order valence-electron chi connectivity index (χ1n) is 5.55. The Hall–Kier alpha value is -1.09. The SMILES string of the molecule is Cc1ccc2nc(NCC(C)(C)C)sc2c1. The molecule has 0 aliphatic carbocycles. The molecule has 2 rings (SSSR count). The highest BCUT2D eigenvalue weighted by Crippen LogP contribution is 2.27. The number of rotatable bonds is 2. The van der Waals surface area contributed by atoms with Crippen LogP contribution in [0.15, 0.2) is 18.2 Å². The fourth-order valence-corrected chi connectivity index (χ4v) is 2.41. The Morgan fingerprint density at radius 3 is 2.75 bits per heavy atom. The van der Waals surface area contributed by atoms with E-state index in [0.29, 0.717) is 0 Å². The maximum Gasteiger partial charge on any atom is 0.183 e. The summed E-state index contributed by atoms with van der Waals surface area (Å²) >= 11 is 1.73. The van der Waals surface area contributed by atoms with Crippen LogP contribution in [-0.2, 0) is 0 Å². The fraction of sp³-hybridized carbons (Fsp3) is 0.462. The lowest BCUT2D eigenvalue weighted by Gasteiger charge is -2.17. The smallest absolute Gasteiger partial charge is 0.183 e. The number of nitrogens with zero attached hydrogens (tertiary/aromatic N) is 1. The lowest BCUT2D eigenvalue weighted by molar-refractivity contribution is 0.443. The summed E-state index contributed by atoms with van der Waals surface area (Å²) in [5.41, 5.74) is 2.67. The summed E-state index contributed by atoms with van der Waals surface area (Å²) in [6, 6.07) is 6.38. The summed E-state index contributed by atoms with van der Waals surface area (Å²) < 4.78 is 1.26. The normalized spacial score (nSPS) is 12.0. The van der Waals surface area contributed by atoms with Crippen molar-refractivity contribution in [3.63, 3.8) is 0 Å². The van der Waals surface area contributed by atoms with Gasteiger partial charge in [0, 0.05) is 6.54 Å². The van der Waals surface area contributed by atoms with Gasteiger partial charge in [-0.3, -0.25) is 0 Å². The van der Waals surface area contributed by atoms with Crippen molar-refractivity contribution in [1.82, 2.24) is 4.98 Å². The molecule has 1 aromatic carbocycles. The van der Waals surface area contributed by atoms with Gasteiger partial charge in [-0.2, -0.15) is 0 Å². The van der Waals surface area contributed by atoms with E-state index in [1.54, 1.807) is 11.3 Å². The topological polar surface area (TPSA) is 24.9 Å². The van der Waals surface area contributed by atoms with Gasteiger partial charge in [0.15, 0.2) is 5.13 Å². The van der Waals surface area contributed by atoms with Crippen molar-refractivity contribution >= 4 is 26.7 Å². The zero-order valence-corrected chi connectivity index (χ0v) is 11.1. The van der Waals surface area contributed by atoms with Gasteiger partial charge in [0.2, 0.25) is 0 Å². The molecule has 16 heavy (non-hydrogen) atoms. The molecule has 0 amide bonds. The van der Waals surface area contributed by atoms with Crippen molar-refractivity contribution in [3.05, 3.63) is 23.8 Å². The van der Waals surface area contributed by atoms with Gasteiger partial charge in [-0.25, -0.2) is 4.98 Å². The van der Waals surface area contributed by atoms with Crippen molar-refractivity contribution in [3.8, 4) is 0 Å². The Kier molecular flexibility index (Phi) is 2.89. The molecular formula is C13H18N2S. The summed E-state index contributed by atoms with van der Waals surface area (Å²) in [5.74, 6) is 0. The summed E-state index contributed by atoms with van der Waals surface area (Å²) in [4.78, 5) is 4.56. The number of anilines is 1. The lowest BCUT2D eigenvalue weighted by atomic mass is 9.97. The van der Waals surface area contributed by atoms with Gasteiger partial charge in [-0.05, 0) is 30.0 Å². The van der Waals surface area contributed by atoms with E-state index >= 15 is 0 Å². The molecule has 0 saturated heterocycles. The fourth-order valence-electron chi connectivity index (χ4n) is 1.45. The molecule has 2 nitrogen and oxygen atoms in total. The molecule has 0 unspecified atom stereocenters. The Balaban J connectivity index is 2.20. The zero-order valence-electron chi connectivity index (χ0n) is 10.3. The lowest BCUT2D eigenvalue weighted by Crippen LogP contribution is -2.18. The number of aromatic nitrogens is 1. The summed E-state index contributed by atoms with van der Waals surface area (Å²) in [6.45, 7) is 9.72. The van der Waals surface area contributed by atoms with Crippen LogP contribution in [0.2, 0.25) is 0 Å². The van der Waals surface area contributed by atoms with E-state index in [0.717, 1.165) is 17.2 Å². The van der Waals surface area contributed by atoms with Crippen LogP contribution in [0.1, 0.15) is 26.3 Å². The number of thiazole rings is 1. The molecular weight excluding hydrogens is 216 g/mol. The second kappa shape index (κ2) is 4.06. The number of hydrogen-bond donors (Lipinski definition) is 1. The summed E-state index contributed by atoms with van der Waals surface area (Å²) in [6.07, 6.45) is 0. The van der Waals surface area contributed by atoms with E-state index in [-0.39, 0.29) is 5.41 Å². The molecule has 0 spiro atoms. The molecule has 0 bridgehead atoms. The second-order valence-corrected chi connectivity index (χ2v) is 6.44. The van der Waals surface area contributed by atoms with Crippen LogP contribution in [0.3, 0.4) is 0 Å². The number of benzene rings is 1. The third-order valence-corrected chi connectivity index (χ3v) is 3.29. The van der Waals surface area contributed by atoms with Crippen LogP contribution in [-0.4, -0.2) is 11.5 Å². The largest absolute Gasteiger partial charge is 0.361 e. The maximum absolute atomic E-state index is 4.56. The minimum Gasteiger partial charge on any atom is -0.361 e. The highest BCUT2D eigenvalue weighted by Gasteiger charge is 2.11. The van der Waals surface area contributed by atoms with Crippen LogP contribution >= 0.6 is 11.3 Å². The van der Waals surface area contributed by atoms with Crippen molar-refractivity contribution in [2.75, 3.05) is 11.9 Å². The predicted molar refractivity (Wildman–Crippen MR) is 72.3 cm³/mol. The Morgan fingerprint density at radius 1 is 1.31 bits per heavy atom. The van der Waals surface area contributed by atoms with Gasteiger partial charge in [0.25, 0.3) is 0 Å². The summed E-state index contributed by atoms with van der Waals surface area (Å²) in [7, 11) is 0. The molecule has 0 aliphatic heterocycles. The molecule has 0 saturated carbocycles. The van der Waals surface area contributed by atoms with E-state index in [9.17, 15) is 0 Å². The highest BCUT2D eigenvalue weighted by atomic mass is 32.1. The Morgan fingerprint density at radius 2 is 2.06 bits per heavy atom. The van der Waals surface area contributed by atoms with E-state index in [4.69, 9.17) is 0 Å². The Bertz CT molecular complexity index is 494. The number of fused-ring (bicyclic) bond motifs is 1. The Labute approximate surface area is 101 Å². The van der Waals surface area contributed by atoms with Gasteiger partial charge < -0.3 is 5.32 Å². The van der Waals surface area contributed by atoms with Crippen LogP contribution in [0, 0.1) is 12.3 Å². The average Bonchev–Trinajstić information content (AvgIpc) is 2.55. The van der Waals surface area contributed by atoms with Crippen LogP contribution in [0.25, 0.3) is 10.2 Å². The zero-order chi connectivity index (χ0) is 11.8. The first kappa shape index (κ1) is 11.4. The maximum atomic E-state index is 4.56. The average molecular weight is 234 g/mol. The molecule has 86 valence electrons. The van der Waals surface area contributed by atoms with Crippen molar-refractivity contribution in [2.45, 2.75) is 27.7 Å². The molecule has 1 N–H and O–H groups in total. The van der Waals surface area contributed by atoms with Gasteiger partial charge >= 0.3 is 0 Å². The van der Waals surface area contributed by atoms with Gasteiger partial charge in [-0.15, -0.1) is 0 Å². The molecule has 1 aromatic heterocycles. The molecule has 2 aromatic rings. The first-order valence-corrected chi connectivity index (χ1v) is 6.37. The number of hydrogen-bond acceptors (Lipinski definition) is 3. The van der Waals surface area contributed by atoms with Crippen molar-refractivity contribution in [1.29, 1.82) is 0 Å². The molecule has 0 atom stereocenters. The van der Waals surface area contributed by atoms with Crippen LogP contribution in [0.5, 0.6) is 0 Å². The van der Waals surface area contributed by atoms with Gasteiger partial charge in [0.05, 0.1) is 10.2 Å². The van der Waals surface area contributed by atoms with Gasteiger partial charge in [-0.1, -0.05) is 38.2 Å². The minimum atomic E-state index is 0.285. The molecule has 0 aliphatic rings. The monoisotopic (exact) mass is 234 g/mol. The minimum absolute atomic E-state index is 0.285. The second-order valence-electron chi connectivity index (χ2n) is 5.40. The third kappa shape index (κ3) is 2.73. The van der Waals surface area contributed by atoms with Crippen molar-refractivity contribution in [2.24, 2.45) is 5.41 Å². The third-order valence-electron chi connectivity index (χ3n) is 2.31. The molecule has 0 radical (unpaired) electrons.